The van der Waals surface area contributed by atoms with Gasteiger partial charge in [0.15, 0.2) is 0 Å². The zero-order chi connectivity index (χ0) is 25.5. The Morgan fingerprint density at radius 3 is 2.66 bits per heavy atom. The van der Waals surface area contributed by atoms with Gasteiger partial charge in [0.05, 0.1) is 17.0 Å². The summed E-state index contributed by atoms with van der Waals surface area (Å²) in [5, 5.41) is 3.09. The lowest BCUT2D eigenvalue weighted by Crippen LogP contribution is -2.47. The maximum atomic E-state index is 5.27. The molecule has 0 radical (unpaired) electrons. The number of nitrogens with one attached hydrogen (secondary N) is 2. The smallest absolute Gasteiger partial charge is 0.349 e. The van der Waals surface area contributed by atoms with Crippen LogP contribution < -0.4 is 19.6 Å². The first-order valence-electron chi connectivity index (χ1n) is 12.2. The molecule has 2 atom stereocenters. The summed E-state index contributed by atoms with van der Waals surface area (Å²) in [6.07, 6.45) is 7.21. The van der Waals surface area contributed by atoms with Crippen LogP contribution >= 0.6 is 24.6 Å². The number of nitrogens with zero attached hydrogens (tertiary/aromatic N) is 4. The molecule has 6 nitrogen and oxygen atoms in total. The molecule has 2 aromatic rings. The average molecular weight is 512 g/mol. The van der Waals surface area contributed by atoms with Gasteiger partial charge in [0, 0.05) is 42.4 Å². The van der Waals surface area contributed by atoms with Crippen molar-refractivity contribution in [3.63, 3.8) is 0 Å². The monoisotopic (exact) mass is 511 g/mol. The minimum absolute atomic E-state index is 0.00590. The van der Waals surface area contributed by atoms with E-state index in [1.165, 1.54) is 17.6 Å². The van der Waals surface area contributed by atoms with Crippen LogP contribution in [0.5, 0.6) is 0 Å². The van der Waals surface area contributed by atoms with Gasteiger partial charge in [-0.3, -0.25) is 0 Å². The van der Waals surface area contributed by atoms with E-state index in [1.807, 2.05) is 20.2 Å². The topological polar surface area (TPSA) is 49.0 Å². The van der Waals surface area contributed by atoms with Gasteiger partial charge in [0.1, 0.15) is 11.1 Å². The Morgan fingerprint density at radius 1 is 1.29 bits per heavy atom. The molecule has 0 aromatic carbocycles. The highest BCUT2D eigenvalue weighted by Gasteiger charge is 2.42. The van der Waals surface area contributed by atoms with Crippen molar-refractivity contribution in [2.24, 2.45) is 5.92 Å². The normalized spacial score (nSPS) is 23.3. The molecule has 2 aromatic heterocycles. The second-order valence-corrected chi connectivity index (χ2v) is 12.5. The van der Waals surface area contributed by atoms with Gasteiger partial charge in [-0.25, -0.2) is 0 Å². The summed E-state index contributed by atoms with van der Waals surface area (Å²) < 4.78 is 7.85. The minimum atomic E-state index is -0.235. The fraction of sp³-hybridized carbons (Fsp3) is 0.481. The number of aryl methyl sites for hydroxylation is 1. The number of anilines is 1. The van der Waals surface area contributed by atoms with E-state index in [9.17, 15) is 0 Å². The Morgan fingerprint density at radius 2 is 2.03 bits per heavy atom. The van der Waals surface area contributed by atoms with E-state index in [0.717, 1.165) is 59.2 Å². The molecule has 0 spiro atoms. The largest absolute Gasteiger partial charge is 0.393 e. The molecule has 35 heavy (non-hydrogen) atoms. The molecule has 8 heteroatoms. The van der Waals surface area contributed by atoms with E-state index in [1.54, 1.807) is 0 Å². The molecular weight excluding hydrogens is 472 g/mol. The van der Waals surface area contributed by atoms with E-state index >= 15 is 0 Å². The minimum Gasteiger partial charge on any atom is -0.393 e. The van der Waals surface area contributed by atoms with Crippen molar-refractivity contribution in [2.75, 3.05) is 18.5 Å². The van der Waals surface area contributed by atoms with Gasteiger partial charge < -0.3 is 14.9 Å². The molecule has 4 heterocycles. The van der Waals surface area contributed by atoms with Crippen molar-refractivity contribution >= 4 is 36.1 Å². The van der Waals surface area contributed by atoms with Crippen molar-refractivity contribution in [2.45, 2.75) is 64.3 Å². The SMILES string of the molecule is C=C(C)/C(=C\NC)SNC(=C)c1ccc(-[n+]2ccc3n2C(C)(S)CC3)nc1N1CC(C)CC1(C)C. The lowest BCUT2D eigenvalue weighted by atomic mass is 9.97. The highest BCUT2D eigenvalue weighted by atomic mass is 32.2. The van der Waals surface area contributed by atoms with Crippen molar-refractivity contribution < 1.29 is 4.68 Å². The van der Waals surface area contributed by atoms with Crippen LogP contribution in [0.2, 0.25) is 0 Å². The molecule has 0 saturated carbocycles. The quantitative estimate of drug-likeness (QED) is 0.197. The summed E-state index contributed by atoms with van der Waals surface area (Å²) >= 11 is 6.47. The van der Waals surface area contributed by atoms with Crippen LogP contribution in [-0.4, -0.2) is 28.8 Å². The molecule has 2 aliphatic heterocycles. The van der Waals surface area contributed by atoms with E-state index in [-0.39, 0.29) is 10.4 Å². The van der Waals surface area contributed by atoms with Gasteiger partial charge in [-0.15, -0.1) is 17.3 Å². The number of thiol groups is 1. The first-order chi connectivity index (χ1) is 16.4. The van der Waals surface area contributed by atoms with Crippen molar-refractivity contribution in [3.8, 4) is 5.82 Å². The average Bonchev–Trinajstić information content (AvgIpc) is 3.43. The fourth-order valence-corrected chi connectivity index (χ4v) is 6.35. The van der Waals surface area contributed by atoms with Gasteiger partial charge >= 0.3 is 5.82 Å². The van der Waals surface area contributed by atoms with Gasteiger partial charge in [0.2, 0.25) is 0 Å². The zero-order valence-electron chi connectivity index (χ0n) is 21.9. The summed E-state index contributed by atoms with van der Waals surface area (Å²) in [4.78, 5) is 8.51. The Labute approximate surface area is 220 Å². The highest BCUT2D eigenvalue weighted by Crippen LogP contribution is 2.39. The summed E-state index contributed by atoms with van der Waals surface area (Å²) in [5.41, 5.74) is 4.12. The third kappa shape index (κ3) is 5.00. The molecular formula is C27H39N6S2+. The maximum Gasteiger partial charge on any atom is 0.349 e. The Balaban J connectivity index is 1.75. The van der Waals surface area contributed by atoms with Crippen LogP contribution in [0.3, 0.4) is 0 Å². The molecule has 2 N–H and O–H groups in total. The van der Waals surface area contributed by atoms with Crippen LogP contribution in [-0.2, 0) is 11.3 Å². The van der Waals surface area contributed by atoms with Gasteiger partial charge in [0.25, 0.3) is 5.82 Å². The molecule has 2 unspecified atom stereocenters. The lowest BCUT2D eigenvalue weighted by molar-refractivity contribution is -0.692. The summed E-state index contributed by atoms with van der Waals surface area (Å²) in [7, 11) is 1.89. The van der Waals surface area contributed by atoms with Crippen LogP contribution in [0, 0.1) is 5.92 Å². The van der Waals surface area contributed by atoms with Gasteiger partial charge in [-0.1, -0.05) is 20.1 Å². The molecule has 0 bridgehead atoms. The number of hydrogen-bond acceptors (Lipinski definition) is 6. The predicted octanol–water partition coefficient (Wildman–Crippen LogP) is 5.18. The number of allylic oxidation sites excluding steroid dienone is 1. The van der Waals surface area contributed by atoms with E-state index in [0.29, 0.717) is 5.92 Å². The van der Waals surface area contributed by atoms with Crippen LogP contribution in [0.15, 0.2) is 54.2 Å². The van der Waals surface area contributed by atoms with E-state index in [4.69, 9.17) is 17.6 Å². The maximum absolute atomic E-state index is 5.27. The molecule has 4 rings (SSSR count). The predicted molar refractivity (Wildman–Crippen MR) is 152 cm³/mol. The third-order valence-corrected chi connectivity index (χ3v) is 8.38. The molecule has 188 valence electrons. The molecule has 2 aliphatic rings. The molecule has 0 amide bonds. The third-order valence-electron chi connectivity index (χ3n) is 6.94. The summed E-state index contributed by atoms with van der Waals surface area (Å²) in [6, 6.07) is 6.41. The molecule has 1 fully saturated rings. The Bertz CT molecular complexity index is 1180. The number of rotatable bonds is 8. The fourth-order valence-electron chi connectivity index (χ4n) is 5.32. The lowest BCUT2D eigenvalue weighted by Gasteiger charge is -2.32. The second-order valence-electron chi connectivity index (χ2n) is 10.7. The van der Waals surface area contributed by atoms with Crippen molar-refractivity contribution in [1.29, 1.82) is 0 Å². The number of pyridine rings is 1. The van der Waals surface area contributed by atoms with Crippen LogP contribution in [0.4, 0.5) is 5.82 Å². The zero-order valence-corrected chi connectivity index (χ0v) is 23.6. The van der Waals surface area contributed by atoms with Crippen molar-refractivity contribution in [3.05, 3.63) is 65.5 Å². The highest BCUT2D eigenvalue weighted by molar-refractivity contribution is 8.01. The summed E-state index contributed by atoms with van der Waals surface area (Å²) in [6.45, 7) is 20.5. The van der Waals surface area contributed by atoms with E-state index < -0.39 is 0 Å². The standard InChI is InChI=1S/C27H38N6S2/c1-18(2)23(16-28-8)35-30-20(4)22-9-10-24(29-25(22)31-17-19(3)15-26(31,5)6)32-14-12-21-11-13-27(7,34)33(21)32/h9-10,12,14,16,19,28,30H,1,4,11,13,15,17H2,2-3,5-8H3/p+1/b23-16+. The molecule has 0 aliphatic carbocycles. The Kier molecular flexibility index (Phi) is 7.08. The van der Waals surface area contributed by atoms with Crippen LogP contribution in [0.25, 0.3) is 11.5 Å². The number of fused-ring (bicyclic) bond motifs is 1. The second kappa shape index (κ2) is 9.62. The van der Waals surface area contributed by atoms with Crippen molar-refractivity contribution in [1.82, 2.24) is 19.7 Å². The van der Waals surface area contributed by atoms with Gasteiger partial charge in [-0.2, -0.15) is 4.68 Å². The summed E-state index contributed by atoms with van der Waals surface area (Å²) in [5.74, 6) is 2.45. The van der Waals surface area contributed by atoms with Crippen LogP contribution in [0.1, 0.15) is 58.7 Å². The van der Waals surface area contributed by atoms with Gasteiger partial charge in [-0.05, 0) is 81.4 Å². The first-order valence-corrected chi connectivity index (χ1v) is 13.5. The van der Waals surface area contributed by atoms with E-state index in [2.05, 4.69) is 89.6 Å². The molecule has 1 saturated heterocycles. The Hall–Kier alpha value is -2.32. The number of hydrogen-bond donors (Lipinski definition) is 3. The first kappa shape index (κ1) is 25.8. The number of aromatic nitrogens is 3.